The number of halogens is 2. The van der Waals surface area contributed by atoms with Crippen LogP contribution in [0, 0.1) is 0 Å². The fourth-order valence-corrected chi connectivity index (χ4v) is 2.61. The average Bonchev–Trinajstić information content (AvgIpc) is 2.64. The molecule has 0 aliphatic rings. The predicted octanol–water partition coefficient (Wildman–Crippen LogP) is 3.92. The Morgan fingerprint density at radius 3 is 2.81 bits per heavy atom. The Bertz CT molecular complexity index is 527. The minimum Gasteiger partial charge on any atom is -0.298 e. The second-order valence-corrected chi connectivity index (χ2v) is 6.26. The van der Waals surface area contributed by atoms with Crippen molar-refractivity contribution in [2.75, 3.05) is 5.32 Å². The number of nitrogens with one attached hydrogen (secondary N) is 1. The average molecular weight is 362 g/mol. The van der Waals surface area contributed by atoms with E-state index in [9.17, 15) is 4.79 Å². The van der Waals surface area contributed by atoms with Gasteiger partial charge in [-0.1, -0.05) is 33.3 Å². The number of rotatable bonds is 2. The first kappa shape index (κ1) is 11.8. The molecule has 0 spiro atoms. The summed E-state index contributed by atoms with van der Waals surface area (Å²) >= 11 is 7.98. The first-order chi connectivity index (χ1) is 7.65. The molecule has 2 aromatic rings. The maximum absolute atomic E-state index is 11.8. The Kier molecular flexibility index (Phi) is 3.73. The quantitative estimate of drug-likeness (QED) is 0.880. The largest absolute Gasteiger partial charge is 0.298 e. The summed E-state index contributed by atoms with van der Waals surface area (Å²) in [4.78, 5) is 15.8. The molecule has 0 aliphatic carbocycles. The van der Waals surface area contributed by atoms with Gasteiger partial charge in [0.1, 0.15) is 0 Å². The van der Waals surface area contributed by atoms with Gasteiger partial charge in [0.2, 0.25) is 0 Å². The second-order valence-electron chi connectivity index (χ2n) is 2.93. The lowest BCUT2D eigenvalue weighted by molar-refractivity contribution is 0.102. The highest BCUT2D eigenvalue weighted by Gasteiger charge is 2.08. The van der Waals surface area contributed by atoms with E-state index in [2.05, 4.69) is 42.2 Å². The number of thiazole rings is 1. The molecule has 0 radical (unpaired) electrons. The summed E-state index contributed by atoms with van der Waals surface area (Å²) in [6.45, 7) is 0. The predicted molar refractivity (Wildman–Crippen MR) is 71.9 cm³/mol. The normalized spacial score (nSPS) is 10.1. The molecule has 16 heavy (non-hydrogen) atoms. The maximum atomic E-state index is 11.8. The molecule has 0 unspecified atom stereocenters. The van der Waals surface area contributed by atoms with Crippen molar-refractivity contribution in [3.05, 3.63) is 44.3 Å². The molecular weight excluding hydrogens is 356 g/mol. The molecule has 2 rings (SSSR count). The monoisotopic (exact) mass is 360 g/mol. The first-order valence-electron chi connectivity index (χ1n) is 4.33. The smallest absolute Gasteiger partial charge is 0.257 e. The Labute approximate surface area is 113 Å². The van der Waals surface area contributed by atoms with E-state index in [0.717, 1.165) is 8.26 Å². The molecule has 0 saturated carbocycles. The van der Waals surface area contributed by atoms with E-state index in [1.165, 1.54) is 11.3 Å². The van der Waals surface area contributed by atoms with Crippen LogP contribution in [0.1, 0.15) is 10.4 Å². The summed E-state index contributed by atoms with van der Waals surface area (Å²) in [7, 11) is 0. The van der Waals surface area contributed by atoms with Crippen LogP contribution in [-0.4, -0.2) is 10.9 Å². The number of hydrogen-bond acceptors (Lipinski definition) is 3. The van der Waals surface area contributed by atoms with Gasteiger partial charge in [-0.3, -0.25) is 10.1 Å². The van der Waals surface area contributed by atoms with E-state index in [1.807, 2.05) is 12.1 Å². The van der Waals surface area contributed by atoms with Crippen molar-refractivity contribution >= 4 is 54.2 Å². The number of carbonyl (C=O) groups excluding carboxylic acids is 1. The molecule has 82 valence electrons. The Morgan fingerprint density at radius 2 is 2.19 bits per heavy atom. The van der Waals surface area contributed by atoms with Crippen LogP contribution in [0.25, 0.3) is 0 Å². The van der Waals surface area contributed by atoms with Crippen molar-refractivity contribution in [2.45, 2.75) is 0 Å². The van der Waals surface area contributed by atoms with Crippen molar-refractivity contribution in [1.29, 1.82) is 0 Å². The number of hydrogen-bond donors (Lipinski definition) is 1. The number of anilines is 1. The van der Waals surface area contributed by atoms with Gasteiger partial charge in [0.15, 0.2) is 5.13 Å². The summed E-state index contributed by atoms with van der Waals surface area (Å²) in [5.41, 5.74) is 0.598. The van der Waals surface area contributed by atoms with Crippen LogP contribution in [0.3, 0.4) is 0 Å². The summed E-state index contributed by atoms with van der Waals surface area (Å²) in [6, 6.07) is 7.20. The highest BCUT2D eigenvalue weighted by molar-refractivity contribution is 9.11. The zero-order valence-corrected chi connectivity index (χ0v) is 11.9. The third-order valence-corrected chi connectivity index (χ3v) is 3.67. The van der Waals surface area contributed by atoms with Gasteiger partial charge in [0.05, 0.1) is 9.98 Å². The Balaban J connectivity index is 2.14. The van der Waals surface area contributed by atoms with Crippen LogP contribution in [0.4, 0.5) is 5.13 Å². The van der Waals surface area contributed by atoms with Gasteiger partial charge in [-0.05, 0) is 34.1 Å². The van der Waals surface area contributed by atoms with Gasteiger partial charge in [-0.25, -0.2) is 4.98 Å². The van der Waals surface area contributed by atoms with Crippen molar-refractivity contribution in [3.8, 4) is 0 Å². The molecule has 0 bridgehead atoms. The minimum atomic E-state index is -0.164. The summed E-state index contributed by atoms with van der Waals surface area (Å²) in [5, 5.41) is 3.30. The summed E-state index contributed by atoms with van der Waals surface area (Å²) in [5.74, 6) is -0.164. The molecular formula is C10H6Br2N2OS. The minimum absolute atomic E-state index is 0.164. The number of carbonyl (C=O) groups is 1. The van der Waals surface area contributed by atoms with E-state index < -0.39 is 0 Å². The molecule has 6 heteroatoms. The van der Waals surface area contributed by atoms with Gasteiger partial charge in [0, 0.05) is 10.0 Å². The van der Waals surface area contributed by atoms with Gasteiger partial charge < -0.3 is 0 Å². The number of benzene rings is 1. The highest BCUT2D eigenvalue weighted by Crippen LogP contribution is 2.23. The molecule has 1 N–H and O–H groups in total. The van der Waals surface area contributed by atoms with Crippen LogP contribution >= 0.6 is 43.2 Å². The summed E-state index contributed by atoms with van der Waals surface area (Å²) in [6.07, 6.45) is 1.65. The SMILES string of the molecule is O=C(Nc1ncc(Br)s1)c1cccc(Br)c1. The van der Waals surface area contributed by atoms with E-state index in [0.29, 0.717) is 10.7 Å². The maximum Gasteiger partial charge on any atom is 0.257 e. The second kappa shape index (κ2) is 5.07. The Morgan fingerprint density at radius 1 is 1.38 bits per heavy atom. The molecule has 1 aromatic heterocycles. The number of amides is 1. The fourth-order valence-electron chi connectivity index (χ4n) is 1.11. The van der Waals surface area contributed by atoms with Gasteiger partial charge >= 0.3 is 0 Å². The lowest BCUT2D eigenvalue weighted by Crippen LogP contribution is -2.11. The zero-order chi connectivity index (χ0) is 11.5. The lowest BCUT2D eigenvalue weighted by atomic mass is 10.2. The molecule has 0 saturated heterocycles. The van der Waals surface area contributed by atoms with E-state index >= 15 is 0 Å². The first-order valence-corrected chi connectivity index (χ1v) is 6.73. The van der Waals surface area contributed by atoms with Crippen molar-refractivity contribution in [1.82, 2.24) is 4.98 Å². The standard InChI is InChI=1S/C10H6Br2N2OS/c11-7-3-1-2-6(4-7)9(15)14-10-13-5-8(12)16-10/h1-5H,(H,13,14,15). The van der Waals surface area contributed by atoms with Crippen LogP contribution in [-0.2, 0) is 0 Å². The van der Waals surface area contributed by atoms with Gasteiger partial charge in [0.25, 0.3) is 5.91 Å². The summed E-state index contributed by atoms with van der Waals surface area (Å²) < 4.78 is 1.76. The molecule has 0 fully saturated rings. The van der Waals surface area contributed by atoms with E-state index in [-0.39, 0.29) is 5.91 Å². The molecule has 0 atom stereocenters. The molecule has 1 aromatic carbocycles. The van der Waals surface area contributed by atoms with Gasteiger partial charge in [-0.2, -0.15) is 0 Å². The molecule has 1 amide bonds. The molecule has 3 nitrogen and oxygen atoms in total. The number of aromatic nitrogens is 1. The van der Waals surface area contributed by atoms with Crippen LogP contribution in [0.2, 0.25) is 0 Å². The van der Waals surface area contributed by atoms with E-state index in [1.54, 1.807) is 18.3 Å². The van der Waals surface area contributed by atoms with Crippen molar-refractivity contribution in [3.63, 3.8) is 0 Å². The van der Waals surface area contributed by atoms with Crippen LogP contribution in [0.15, 0.2) is 38.7 Å². The molecule has 0 aliphatic heterocycles. The Hall–Kier alpha value is -0.720. The topological polar surface area (TPSA) is 42.0 Å². The van der Waals surface area contributed by atoms with Crippen molar-refractivity contribution < 1.29 is 4.79 Å². The molecule has 1 heterocycles. The van der Waals surface area contributed by atoms with Gasteiger partial charge in [-0.15, -0.1) is 0 Å². The van der Waals surface area contributed by atoms with Crippen LogP contribution < -0.4 is 5.32 Å². The third kappa shape index (κ3) is 2.90. The lowest BCUT2D eigenvalue weighted by Gasteiger charge is -2.01. The van der Waals surface area contributed by atoms with Crippen molar-refractivity contribution in [2.24, 2.45) is 0 Å². The highest BCUT2D eigenvalue weighted by atomic mass is 79.9. The number of nitrogens with zero attached hydrogens (tertiary/aromatic N) is 1. The fraction of sp³-hybridized carbons (Fsp3) is 0. The van der Waals surface area contributed by atoms with E-state index in [4.69, 9.17) is 0 Å². The zero-order valence-electron chi connectivity index (χ0n) is 7.91. The van der Waals surface area contributed by atoms with Crippen LogP contribution in [0.5, 0.6) is 0 Å². The third-order valence-electron chi connectivity index (χ3n) is 1.78.